The lowest BCUT2D eigenvalue weighted by Crippen LogP contribution is -2.37. The van der Waals surface area contributed by atoms with Crippen LogP contribution in [0.5, 0.6) is 0 Å². The molecule has 1 aromatic heterocycles. The molecule has 3 rings (SSSR count). The second-order valence-corrected chi connectivity index (χ2v) is 5.43. The van der Waals surface area contributed by atoms with Crippen LogP contribution in [0.2, 0.25) is 0 Å². The number of anilines is 1. The first-order chi connectivity index (χ1) is 10.0. The molecule has 21 heavy (non-hydrogen) atoms. The van der Waals surface area contributed by atoms with Gasteiger partial charge in [-0.05, 0) is 18.6 Å². The van der Waals surface area contributed by atoms with Crippen molar-refractivity contribution in [2.45, 2.75) is 19.4 Å². The second kappa shape index (κ2) is 5.12. The SMILES string of the molecule is CC(=O)NC1CCN(C(=O)c2cc3cccc(N)c3[nH]2)C1. The molecule has 1 atom stereocenters. The molecule has 0 spiro atoms. The van der Waals surface area contributed by atoms with Crippen LogP contribution in [0.4, 0.5) is 5.69 Å². The van der Waals surface area contributed by atoms with Gasteiger partial charge in [0.2, 0.25) is 5.91 Å². The Labute approximate surface area is 122 Å². The lowest BCUT2D eigenvalue weighted by atomic mass is 10.2. The molecule has 2 heterocycles. The van der Waals surface area contributed by atoms with Crippen molar-refractivity contribution in [3.8, 4) is 0 Å². The molecule has 6 heteroatoms. The molecular formula is C15H18N4O2. The van der Waals surface area contributed by atoms with Gasteiger partial charge in [0.15, 0.2) is 0 Å². The number of hydrogen-bond donors (Lipinski definition) is 3. The molecule has 0 radical (unpaired) electrons. The van der Waals surface area contributed by atoms with Gasteiger partial charge in [0.25, 0.3) is 5.91 Å². The number of nitrogens with two attached hydrogens (primary N) is 1. The van der Waals surface area contributed by atoms with Crippen LogP contribution >= 0.6 is 0 Å². The number of amides is 2. The number of fused-ring (bicyclic) bond motifs is 1. The zero-order chi connectivity index (χ0) is 15.0. The van der Waals surface area contributed by atoms with Gasteiger partial charge >= 0.3 is 0 Å². The average Bonchev–Trinajstić information content (AvgIpc) is 3.04. The summed E-state index contributed by atoms with van der Waals surface area (Å²) in [6, 6.07) is 7.45. The number of aromatic amines is 1. The van der Waals surface area contributed by atoms with E-state index in [1.807, 2.05) is 18.2 Å². The normalized spacial score (nSPS) is 18.1. The van der Waals surface area contributed by atoms with Crippen molar-refractivity contribution < 1.29 is 9.59 Å². The largest absolute Gasteiger partial charge is 0.397 e. The topological polar surface area (TPSA) is 91.2 Å². The first-order valence-corrected chi connectivity index (χ1v) is 6.98. The molecule has 6 nitrogen and oxygen atoms in total. The average molecular weight is 286 g/mol. The Morgan fingerprint density at radius 1 is 1.43 bits per heavy atom. The molecule has 0 aliphatic carbocycles. The molecular weight excluding hydrogens is 268 g/mol. The number of para-hydroxylation sites is 1. The van der Waals surface area contributed by atoms with Crippen molar-refractivity contribution in [3.05, 3.63) is 30.0 Å². The van der Waals surface area contributed by atoms with Crippen LogP contribution in [0, 0.1) is 0 Å². The molecule has 110 valence electrons. The molecule has 0 bridgehead atoms. The number of carbonyl (C=O) groups is 2. The standard InChI is InChI=1S/C15H18N4O2/c1-9(20)17-11-5-6-19(8-11)15(21)13-7-10-3-2-4-12(16)14(10)18-13/h2-4,7,11,18H,5-6,8,16H2,1H3,(H,17,20). The van der Waals surface area contributed by atoms with Gasteiger partial charge in [-0.1, -0.05) is 12.1 Å². The summed E-state index contributed by atoms with van der Waals surface area (Å²) >= 11 is 0. The molecule has 1 fully saturated rings. The zero-order valence-corrected chi connectivity index (χ0v) is 11.8. The van der Waals surface area contributed by atoms with Crippen LogP contribution in [0.3, 0.4) is 0 Å². The van der Waals surface area contributed by atoms with Crippen molar-refractivity contribution >= 4 is 28.4 Å². The minimum absolute atomic E-state index is 0.0425. The Kier molecular flexibility index (Phi) is 3.29. The molecule has 1 saturated heterocycles. The number of nitrogen functional groups attached to an aromatic ring is 1. The van der Waals surface area contributed by atoms with E-state index in [4.69, 9.17) is 5.73 Å². The lowest BCUT2D eigenvalue weighted by Gasteiger charge is -2.15. The number of rotatable bonds is 2. The number of H-pyrrole nitrogens is 1. The van der Waals surface area contributed by atoms with Crippen LogP contribution in [0.25, 0.3) is 10.9 Å². The van der Waals surface area contributed by atoms with Crippen molar-refractivity contribution in [1.82, 2.24) is 15.2 Å². The number of carbonyl (C=O) groups excluding carboxylic acids is 2. The lowest BCUT2D eigenvalue weighted by molar-refractivity contribution is -0.119. The van der Waals surface area contributed by atoms with Crippen LogP contribution < -0.4 is 11.1 Å². The van der Waals surface area contributed by atoms with Gasteiger partial charge in [0.05, 0.1) is 11.2 Å². The summed E-state index contributed by atoms with van der Waals surface area (Å²) in [5, 5.41) is 3.78. The molecule has 1 aliphatic heterocycles. The highest BCUT2D eigenvalue weighted by atomic mass is 16.2. The zero-order valence-electron chi connectivity index (χ0n) is 11.8. The fourth-order valence-corrected chi connectivity index (χ4v) is 2.82. The van der Waals surface area contributed by atoms with Crippen molar-refractivity contribution in [3.63, 3.8) is 0 Å². The fraction of sp³-hybridized carbons (Fsp3) is 0.333. The summed E-state index contributed by atoms with van der Waals surface area (Å²) in [5.74, 6) is -0.119. The molecule has 1 aliphatic rings. The van der Waals surface area contributed by atoms with Gasteiger partial charge < -0.3 is 20.9 Å². The number of nitrogens with one attached hydrogen (secondary N) is 2. The van der Waals surface area contributed by atoms with Gasteiger partial charge in [0.1, 0.15) is 5.69 Å². The maximum Gasteiger partial charge on any atom is 0.270 e. The van der Waals surface area contributed by atoms with E-state index in [-0.39, 0.29) is 17.9 Å². The highest BCUT2D eigenvalue weighted by Gasteiger charge is 2.28. The fourth-order valence-electron chi connectivity index (χ4n) is 2.82. The van der Waals surface area contributed by atoms with Crippen molar-refractivity contribution in [2.24, 2.45) is 0 Å². The summed E-state index contributed by atoms with van der Waals surface area (Å²) in [6.45, 7) is 2.68. The molecule has 1 unspecified atom stereocenters. The highest BCUT2D eigenvalue weighted by Crippen LogP contribution is 2.22. The predicted molar refractivity (Wildman–Crippen MR) is 80.8 cm³/mol. The number of benzene rings is 1. The monoisotopic (exact) mass is 286 g/mol. The summed E-state index contributed by atoms with van der Waals surface area (Å²) < 4.78 is 0. The molecule has 2 amide bonds. The van der Waals surface area contributed by atoms with Crippen molar-refractivity contribution in [2.75, 3.05) is 18.8 Å². The first kappa shape index (κ1) is 13.5. The molecule has 1 aromatic carbocycles. The number of aromatic nitrogens is 1. The van der Waals surface area contributed by atoms with E-state index in [1.165, 1.54) is 6.92 Å². The van der Waals surface area contributed by atoms with Crippen LogP contribution in [-0.4, -0.2) is 40.8 Å². The van der Waals surface area contributed by atoms with E-state index in [1.54, 1.807) is 11.0 Å². The van der Waals surface area contributed by atoms with Crippen LogP contribution in [0.1, 0.15) is 23.8 Å². The van der Waals surface area contributed by atoms with Crippen LogP contribution in [0.15, 0.2) is 24.3 Å². The third kappa shape index (κ3) is 2.56. The van der Waals surface area contributed by atoms with Gasteiger partial charge in [-0.15, -0.1) is 0 Å². The van der Waals surface area contributed by atoms with E-state index >= 15 is 0 Å². The van der Waals surface area contributed by atoms with E-state index in [0.717, 1.165) is 17.3 Å². The minimum atomic E-state index is -0.0623. The molecule has 0 saturated carbocycles. The van der Waals surface area contributed by atoms with Crippen molar-refractivity contribution in [1.29, 1.82) is 0 Å². The highest BCUT2D eigenvalue weighted by molar-refractivity contribution is 6.01. The number of nitrogens with zero attached hydrogens (tertiary/aromatic N) is 1. The third-order valence-corrected chi connectivity index (χ3v) is 3.80. The Bertz CT molecular complexity index is 707. The van der Waals surface area contributed by atoms with Gasteiger partial charge in [0, 0.05) is 31.4 Å². The van der Waals surface area contributed by atoms with Gasteiger partial charge in [-0.3, -0.25) is 9.59 Å². The molecule has 4 N–H and O–H groups in total. The summed E-state index contributed by atoms with van der Waals surface area (Å²) in [4.78, 5) is 28.4. The summed E-state index contributed by atoms with van der Waals surface area (Å²) in [6.07, 6.45) is 0.785. The second-order valence-electron chi connectivity index (χ2n) is 5.43. The first-order valence-electron chi connectivity index (χ1n) is 6.98. The quantitative estimate of drug-likeness (QED) is 0.722. The van der Waals surface area contributed by atoms with E-state index in [0.29, 0.717) is 24.5 Å². The van der Waals surface area contributed by atoms with Crippen LogP contribution in [-0.2, 0) is 4.79 Å². The Morgan fingerprint density at radius 3 is 2.95 bits per heavy atom. The summed E-state index contributed by atoms with van der Waals surface area (Å²) in [5.41, 5.74) is 7.85. The van der Waals surface area contributed by atoms with Gasteiger partial charge in [-0.2, -0.15) is 0 Å². The number of hydrogen-bond acceptors (Lipinski definition) is 3. The Hall–Kier alpha value is -2.50. The predicted octanol–water partition coefficient (Wildman–Crippen LogP) is 1.10. The Balaban J connectivity index is 1.78. The van der Waals surface area contributed by atoms with E-state index < -0.39 is 0 Å². The number of likely N-dealkylation sites (tertiary alicyclic amines) is 1. The van der Waals surface area contributed by atoms with E-state index in [2.05, 4.69) is 10.3 Å². The smallest absolute Gasteiger partial charge is 0.270 e. The molecule has 2 aromatic rings. The maximum absolute atomic E-state index is 12.5. The summed E-state index contributed by atoms with van der Waals surface area (Å²) in [7, 11) is 0. The van der Waals surface area contributed by atoms with Gasteiger partial charge in [-0.25, -0.2) is 0 Å². The van der Waals surface area contributed by atoms with E-state index in [9.17, 15) is 9.59 Å². The Morgan fingerprint density at radius 2 is 2.24 bits per heavy atom. The minimum Gasteiger partial charge on any atom is -0.397 e. The maximum atomic E-state index is 12.5. The third-order valence-electron chi connectivity index (χ3n) is 3.80.